The molecule has 6 heteroatoms. The fourth-order valence-corrected chi connectivity index (χ4v) is 3.93. The summed E-state index contributed by atoms with van der Waals surface area (Å²) in [4.78, 5) is 26.7. The van der Waals surface area contributed by atoms with E-state index >= 15 is 0 Å². The number of anilines is 3. The van der Waals surface area contributed by atoms with E-state index in [1.807, 2.05) is 49.5 Å². The molecule has 162 valence electrons. The number of amides is 1. The van der Waals surface area contributed by atoms with Crippen LogP contribution in [0.4, 0.5) is 17.2 Å². The van der Waals surface area contributed by atoms with Crippen molar-refractivity contribution in [1.29, 1.82) is 0 Å². The Bertz CT molecular complexity index is 1460. The van der Waals surface area contributed by atoms with E-state index in [-0.39, 0.29) is 5.91 Å². The van der Waals surface area contributed by atoms with E-state index in [0.29, 0.717) is 12.2 Å². The van der Waals surface area contributed by atoms with E-state index in [2.05, 4.69) is 61.6 Å². The summed E-state index contributed by atoms with van der Waals surface area (Å²) in [5, 5.41) is 4.90. The molecule has 33 heavy (non-hydrogen) atoms. The number of nitrogens with zero attached hydrogens (tertiary/aromatic N) is 3. The van der Waals surface area contributed by atoms with Gasteiger partial charge in [0.05, 0.1) is 5.52 Å². The Labute approximate surface area is 191 Å². The van der Waals surface area contributed by atoms with Gasteiger partial charge in [0.1, 0.15) is 12.1 Å². The number of H-pyrrole nitrogens is 1. The van der Waals surface area contributed by atoms with E-state index < -0.39 is 0 Å². The maximum absolute atomic E-state index is 12.1. The van der Waals surface area contributed by atoms with E-state index in [4.69, 9.17) is 0 Å². The fraction of sp³-hybridized carbons (Fsp3) is 0.0741. The van der Waals surface area contributed by atoms with Crippen molar-refractivity contribution in [3.63, 3.8) is 0 Å². The van der Waals surface area contributed by atoms with Gasteiger partial charge in [0, 0.05) is 40.4 Å². The number of hydrogen-bond acceptors (Lipinski definition) is 4. The minimum absolute atomic E-state index is 0.172. The van der Waals surface area contributed by atoms with Gasteiger partial charge in [-0.2, -0.15) is 0 Å². The molecule has 2 N–H and O–H groups in total. The first kappa shape index (κ1) is 20.5. The lowest BCUT2D eigenvalue weighted by molar-refractivity contribution is -0.111. The molecule has 0 saturated carbocycles. The Hall–Kier alpha value is -4.45. The molecule has 6 nitrogen and oxygen atoms in total. The summed E-state index contributed by atoms with van der Waals surface area (Å²) < 4.78 is 0. The second kappa shape index (κ2) is 8.96. The van der Waals surface area contributed by atoms with Crippen molar-refractivity contribution in [3.05, 3.63) is 103 Å². The molecule has 0 aliphatic rings. The zero-order chi connectivity index (χ0) is 22.6. The molecule has 5 rings (SSSR count). The summed E-state index contributed by atoms with van der Waals surface area (Å²) in [5.41, 5.74) is 4.78. The monoisotopic (exact) mass is 433 g/mol. The number of allylic oxidation sites excluding steroid dienone is 1. The number of rotatable bonds is 6. The third-order valence-electron chi connectivity index (χ3n) is 5.49. The van der Waals surface area contributed by atoms with E-state index in [1.54, 1.807) is 12.4 Å². The first-order valence-corrected chi connectivity index (χ1v) is 10.8. The predicted octanol–water partition coefficient (Wildman–Crippen LogP) is 5.96. The highest BCUT2D eigenvalue weighted by Gasteiger charge is 2.17. The predicted molar refractivity (Wildman–Crippen MR) is 134 cm³/mol. The Morgan fingerprint density at radius 2 is 1.91 bits per heavy atom. The highest BCUT2D eigenvalue weighted by Crippen LogP contribution is 2.34. The van der Waals surface area contributed by atoms with Crippen LogP contribution in [0.5, 0.6) is 0 Å². The van der Waals surface area contributed by atoms with Gasteiger partial charge in [0.25, 0.3) is 0 Å². The normalized spacial score (nSPS) is 11.3. The van der Waals surface area contributed by atoms with Crippen LogP contribution in [0, 0.1) is 0 Å². The van der Waals surface area contributed by atoms with Gasteiger partial charge in [0.15, 0.2) is 0 Å². The SMILES string of the molecule is C/C=C/C(=O)Nc1ccc2ncnc(N(Cc3ccccc3)c3ccc4[nH]ccc4c3)c2c1. The molecule has 0 spiro atoms. The van der Waals surface area contributed by atoms with Gasteiger partial charge in [0.2, 0.25) is 5.91 Å². The van der Waals surface area contributed by atoms with Crippen LogP contribution in [0.15, 0.2) is 97.5 Å². The van der Waals surface area contributed by atoms with Gasteiger partial charge in [-0.05, 0) is 61.0 Å². The summed E-state index contributed by atoms with van der Waals surface area (Å²) in [7, 11) is 0. The molecule has 0 aliphatic heterocycles. The van der Waals surface area contributed by atoms with Crippen LogP contribution in [-0.2, 0) is 11.3 Å². The number of carbonyl (C=O) groups is 1. The van der Waals surface area contributed by atoms with Gasteiger partial charge in [-0.25, -0.2) is 9.97 Å². The molecule has 0 aliphatic carbocycles. The maximum atomic E-state index is 12.1. The molecule has 2 aromatic heterocycles. The molecule has 0 unspecified atom stereocenters. The molecule has 0 radical (unpaired) electrons. The Balaban J connectivity index is 1.64. The van der Waals surface area contributed by atoms with E-state index in [9.17, 15) is 4.79 Å². The highest BCUT2D eigenvalue weighted by atomic mass is 16.1. The molecule has 0 bridgehead atoms. The summed E-state index contributed by atoms with van der Waals surface area (Å²) in [5.74, 6) is 0.607. The molecule has 0 saturated heterocycles. The Kier molecular flexibility index (Phi) is 5.55. The van der Waals surface area contributed by atoms with Crippen LogP contribution in [0.1, 0.15) is 12.5 Å². The third-order valence-corrected chi connectivity index (χ3v) is 5.49. The van der Waals surface area contributed by atoms with Gasteiger partial charge in [-0.3, -0.25) is 4.79 Å². The quantitative estimate of drug-likeness (QED) is 0.324. The first-order valence-electron chi connectivity index (χ1n) is 10.8. The van der Waals surface area contributed by atoms with Crippen LogP contribution in [0.3, 0.4) is 0 Å². The molecular weight excluding hydrogens is 410 g/mol. The number of aromatic nitrogens is 3. The smallest absolute Gasteiger partial charge is 0.248 e. The molecular formula is C27H23N5O. The second-order valence-corrected chi connectivity index (χ2v) is 7.74. The lowest BCUT2D eigenvalue weighted by atomic mass is 10.1. The lowest BCUT2D eigenvalue weighted by Gasteiger charge is -2.25. The standard InChI is InChI=1S/C27H23N5O/c1-2-6-26(33)31-21-9-11-25-23(16-21)27(30-18-29-25)32(17-19-7-4-3-5-8-19)22-10-12-24-20(15-22)13-14-28-24/h2-16,18,28H,17H2,1H3,(H,31,33)/b6-2+. The van der Waals surface area contributed by atoms with Crippen molar-refractivity contribution in [1.82, 2.24) is 15.0 Å². The van der Waals surface area contributed by atoms with Crippen LogP contribution < -0.4 is 10.2 Å². The molecule has 0 atom stereocenters. The topological polar surface area (TPSA) is 73.9 Å². The zero-order valence-electron chi connectivity index (χ0n) is 18.2. The minimum atomic E-state index is -0.172. The molecule has 2 heterocycles. The van der Waals surface area contributed by atoms with Crippen LogP contribution in [0.25, 0.3) is 21.8 Å². The molecule has 0 fully saturated rings. The van der Waals surface area contributed by atoms with Gasteiger partial charge in [-0.15, -0.1) is 0 Å². The number of carbonyl (C=O) groups excluding carboxylic acids is 1. The first-order chi connectivity index (χ1) is 16.2. The number of nitrogens with one attached hydrogen (secondary N) is 2. The van der Waals surface area contributed by atoms with Gasteiger partial charge < -0.3 is 15.2 Å². The summed E-state index contributed by atoms with van der Waals surface area (Å²) in [6.45, 7) is 2.45. The summed E-state index contributed by atoms with van der Waals surface area (Å²) in [6, 6.07) is 24.4. The number of aromatic amines is 1. The van der Waals surface area contributed by atoms with Crippen molar-refractivity contribution in [2.24, 2.45) is 0 Å². The van der Waals surface area contributed by atoms with Crippen molar-refractivity contribution in [2.45, 2.75) is 13.5 Å². The van der Waals surface area contributed by atoms with Crippen molar-refractivity contribution < 1.29 is 4.79 Å². The third kappa shape index (κ3) is 4.32. The number of hydrogen-bond donors (Lipinski definition) is 2. The zero-order valence-corrected chi connectivity index (χ0v) is 18.2. The van der Waals surface area contributed by atoms with E-state index in [0.717, 1.165) is 38.9 Å². The van der Waals surface area contributed by atoms with Crippen LogP contribution >= 0.6 is 0 Å². The van der Waals surface area contributed by atoms with Gasteiger partial charge in [-0.1, -0.05) is 36.4 Å². The van der Waals surface area contributed by atoms with Crippen LogP contribution in [0.2, 0.25) is 0 Å². The Morgan fingerprint density at radius 1 is 1.03 bits per heavy atom. The van der Waals surface area contributed by atoms with Gasteiger partial charge >= 0.3 is 0 Å². The average molecular weight is 434 g/mol. The minimum Gasteiger partial charge on any atom is -0.361 e. The summed E-state index contributed by atoms with van der Waals surface area (Å²) >= 11 is 0. The molecule has 1 amide bonds. The largest absolute Gasteiger partial charge is 0.361 e. The average Bonchev–Trinajstić information content (AvgIpc) is 3.31. The van der Waals surface area contributed by atoms with Crippen molar-refractivity contribution in [3.8, 4) is 0 Å². The maximum Gasteiger partial charge on any atom is 0.248 e. The van der Waals surface area contributed by atoms with Crippen molar-refractivity contribution in [2.75, 3.05) is 10.2 Å². The molecule has 3 aromatic carbocycles. The number of fused-ring (bicyclic) bond motifs is 2. The highest BCUT2D eigenvalue weighted by molar-refractivity contribution is 6.02. The summed E-state index contributed by atoms with van der Waals surface area (Å²) in [6.07, 6.45) is 6.74. The fourth-order valence-electron chi connectivity index (χ4n) is 3.93. The van der Waals surface area contributed by atoms with E-state index in [1.165, 1.54) is 6.08 Å². The second-order valence-electron chi connectivity index (χ2n) is 7.74. The molecule has 5 aromatic rings. The van der Waals surface area contributed by atoms with Crippen LogP contribution in [-0.4, -0.2) is 20.9 Å². The number of benzene rings is 3. The lowest BCUT2D eigenvalue weighted by Crippen LogP contribution is -2.18. The van der Waals surface area contributed by atoms with Crippen molar-refractivity contribution >= 4 is 44.9 Å². The Morgan fingerprint density at radius 3 is 2.76 bits per heavy atom.